The van der Waals surface area contributed by atoms with Gasteiger partial charge in [0.1, 0.15) is 0 Å². The molecule has 0 rings (SSSR count). The lowest BCUT2D eigenvalue weighted by Crippen LogP contribution is -2.17. The third kappa shape index (κ3) is 3.73. The number of allylic oxidation sites excluding steroid dienone is 1. The van der Waals surface area contributed by atoms with Gasteiger partial charge >= 0.3 is 5.97 Å². The van der Waals surface area contributed by atoms with E-state index in [2.05, 4.69) is 0 Å². The van der Waals surface area contributed by atoms with Crippen LogP contribution in [0.3, 0.4) is 0 Å². The third-order valence-corrected chi connectivity index (χ3v) is 0.880. The molecule has 1 unspecified atom stereocenters. The van der Waals surface area contributed by atoms with Crippen LogP contribution in [0.1, 0.15) is 13.3 Å². The predicted molar refractivity (Wildman–Crippen MR) is 33.1 cm³/mol. The molecule has 0 heterocycles. The minimum absolute atomic E-state index is 0.186. The van der Waals surface area contributed by atoms with Gasteiger partial charge in [0.2, 0.25) is 0 Å². The van der Waals surface area contributed by atoms with Crippen LogP contribution >= 0.6 is 0 Å². The van der Waals surface area contributed by atoms with Gasteiger partial charge in [-0.1, -0.05) is 12.2 Å². The summed E-state index contributed by atoms with van der Waals surface area (Å²) < 4.78 is 0. The number of aliphatic hydroxyl groups is 1. The van der Waals surface area contributed by atoms with Crippen molar-refractivity contribution in [3.63, 3.8) is 0 Å². The van der Waals surface area contributed by atoms with Crippen LogP contribution in [0.2, 0.25) is 0 Å². The second-order valence-corrected chi connectivity index (χ2v) is 1.66. The van der Waals surface area contributed by atoms with Crippen LogP contribution in [0.25, 0.3) is 0 Å². The van der Waals surface area contributed by atoms with Crippen molar-refractivity contribution in [1.82, 2.24) is 0 Å². The van der Waals surface area contributed by atoms with Crippen LogP contribution in [0.15, 0.2) is 12.2 Å². The van der Waals surface area contributed by atoms with Gasteiger partial charge in [0.15, 0.2) is 6.10 Å². The second-order valence-electron chi connectivity index (χ2n) is 1.66. The van der Waals surface area contributed by atoms with Crippen molar-refractivity contribution in [2.45, 2.75) is 19.4 Å². The predicted octanol–water partition coefficient (Wildman–Crippen LogP) is 0.398. The minimum atomic E-state index is -1.25. The molecular formula is C6H10O3. The molecule has 0 saturated heterocycles. The van der Waals surface area contributed by atoms with Gasteiger partial charge in [0, 0.05) is 6.42 Å². The number of aliphatic hydroxyl groups excluding tert-OH is 1. The van der Waals surface area contributed by atoms with E-state index in [4.69, 9.17) is 10.2 Å². The number of hydrogen-bond acceptors (Lipinski definition) is 2. The van der Waals surface area contributed by atoms with Crippen molar-refractivity contribution >= 4 is 5.97 Å². The lowest BCUT2D eigenvalue weighted by molar-refractivity contribution is -0.146. The van der Waals surface area contributed by atoms with Gasteiger partial charge < -0.3 is 10.2 Å². The van der Waals surface area contributed by atoms with Gasteiger partial charge in [0.25, 0.3) is 0 Å². The molecule has 2 N–H and O–H groups in total. The number of aliphatic carboxylic acids is 1. The van der Waals surface area contributed by atoms with Crippen LogP contribution in [-0.2, 0) is 4.79 Å². The first-order chi connectivity index (χ1) is 4.18. The molecule has 3 heteroatoms. The van der Waals surface area contributed by atoms with E-state index < -0.39 is 12.1 Å². The van der Waals surface area contributed by atoms with Gasteiger partial charge in [-0.05, 0) is 6.92 Å². The smallest absolute Gasteiger partial charge is 0.332 e. The SMILES string of the molecule is C/C=C\CC(O)C(=O)O. The van der Waals surface area contributed by atoms with E-state index in [0.717, 1.165) is 0 Å². The molecule has 0 aromatic rings. The quantitative estimate of drug-likeness (QED) is 0.543. The summed E-state index contributed by atoms with van der Waals surface area (Å²) in [6.07, 6.45) is 2.25. The van der Waals surface area contributed by atoms with Crippen molar-refractivity contribution in [1.29, 1.82) is 0 Å². The Morgan fingerprint density at radius 1 is 1.78 bits per heavy atom. The van der Waals surface area contributed by atoms with Crippen molar-refractivity contribution in [2.75, 3.05) is 0 Å². The van der Waals surface area contributed by atoms with Gasteiger partial charge in [-0.25, -0.2) is 4.79 Å². The standard InChI is InChI=1S/C6H10O3/c1-2-3-4-5(7)6(8)9/h2-3,5,7H,4H2,1H3,(H,8,9)/b3-2-. The van der Waals surface area contributed by atoms with Crippen LogP contribution in [0.4, 0.5) is 0 Å². The van der Waals surface area contributed by atoms with Crippen molar-refractivity contribution < 1.29 is 15.0 Å². The monoisotopic (exact) mass is 130 g/mol. The molecule has 0 aliphatic heterocycles. The van der Waals surface area contributed by atoms with Crippen molar-refractivity contribution in [3.8, 4) is 0 Å². The zero-order valence-electron chi connectivity index (χ0n) is 5.24. The molecule has 0 aliphatic rings. The minimum Gasteiger partial charge on any atom is -0.479 e. The first-order valence-corrected chi connectivity index (χ1v) is 2.70. The Balaban J connectivity index is 3.50. The Hall–Kier alpha value is -0.830. The number of carboxylic acid groups (broad SMARTS) is 1. The maximum absolute atomic E-state index is 9.92. The molecular weight excluding hydrogens is 120 g/mol. The summed E-state index contributed by atoms with van der Waals surface area (Å²) in [6, 6.07) is 0. The van der Waals surface area contributed by atoms with Gasteiger partial charge in [-0.2, -0.15) is 0 Å². The van der Waals surface area contributed by atoms with E-state index >= 15 is 0 Å². The van der Waals surface area contributed by atoms with Gasteiger partial charge in [0.05, 0.1) is 0 Å². The van der Waals surface area contributed by atoms with E-state index in [1.54, 1.807) is 19.1 Å². The molecule has 0 radical (unpaired) electrons. The summed E-state index contributed by atoms with van der Waals surface area (Å²) >= 11 is 0. The van der Waals surface area contributed by atoms with E-state index in [0.29, 0.717) is 0 Å². The average Bonchev–Trinajstić information content (AvgIpc) is 1.82. The van der Waals surface area contributed by atoms with Gasteiger partial charge in [-0.3, -0.25) is 0 Å². The van der Waals surface area contributed by atoms with Crippen LogP contribution < -0.4 is 0 Å². The summed E-state index contributed by atoms with van der Waals surface area (Å²) in [5.41, 5.74) is 0. The summed E-state index contributed by atoms with van der Waals surface area (Å²) in [5, 5.41) is 16.7. The summed E-state index contributed by atoms with van der Waals surface area (Å²) in [6.45, 7) is 1.77. The summed E-state index contributed by atoms with van der Waals surface area (Å²) in [5.74, 6) is -1.17. The molecule has 0 fully saturated rings. The number of rotatable bonds is 3. The molecule has 9 heavy (non-hydrogen) atoms. The third-order valence-electron chi connectivity index (χ3n) is 0.880. The molecule has 0 aliphatic carbocycles. The fraction of sp³-hybridized carbons (Fsp3) is 0.500. The number of carboxylic acids is 1. The zero-order valence-corrected chi connectivity index (χ0v) is 5.24. The lowest BCUT2D eigenvalue weighted by Gasteiger charge is -1.97. The Bertz CT molecular complexity index is 117. The van der Waals surface area contributed by atoms with Crippen molar-refractivity contribution in [3.05, 3.63) is 12.2 Å². The van der Waals surface area contributed by atoms with E-state index in [1.807, 2.05) is 0 Å². The average molecular weight is 130 g/mol. The molecule has 0 bridgehead atoms. The van der Waals surface area contributed by atoms with Crippen molar-refractivity contribution in [2.24, 2.45) is 0 Å². The molecule has 0 spiro atoms. The van der Waals surface area contributed by atoms with E-state index in [9.17, 15) is 4.79 Å². The first-order valence-electron chi connectivity index (χ1n) is 2.70. The molecule has 0 aromatic carbocycles. The molecule has 0 saturated carbocycles. The second kappa shape index (κ2) is 4.09. The normalized spacial score (nSPS) is 14.0. The highest BCUT2D eigenvalue weighted by Gasteiger charge is 2.08. The summed E-state index contributed by atoms with van der Waals surface area (Å²) in [4.78, 5) is 9.92. The zero-order chi connectivity index (χ0) is 7.28. The maximum Gasteiger partial charge on any atom is 0.332 e. The molecule has 52 valence electrons. The van der Waals surface area contributed by atoms with Crippen LogP contribution in [0, 0.1) is 0 Å². The Morgan fingerprint density at radius 3 is 2.67 bits per heavy atom. The number of carbonyl (C=O) groups is 1. The Morgan fingerprint density at radius 2 is 2.33 bits per heavy atom. The van der Waals surface area contributed by atoms with E-state index in [1.165, 1.54) is 0 Å². The fourth-order valence-corrected chi connectivity index (χ4v) is 0.366. The largest absolute Gasteiger partial charge is 0.479 e. The van der Waals surface area contributed by atoms with E-state index in [-0.39, 0.29) is 6.42 Å². The summed E-state index contributed by atoms with van der Waals surface area (Å²) in [7, 11) is 0. The molecule has 0 aromatic heterocycles. The first kappa shape index (κ1) is 8.17. The van der Waals surface area contributed by atoms with Gasteiger partial charge in [-0.15, -0.1) is 0 Å². The fourth-order valence-electron chi connectivity index (χ4n) is 0.366. The molecule has 0 amide bonds. The highest BCUT2D eigenvalue weighted by atomic mass is 16.4. The highest BCUT2D eigenvalue weighted by Crippen LogP contribution is 1.91. The molecule has 1 atom stereocenters. The highest BCUT2D eigenvalue weighted by molar-refractivity contribution is 5.72. The van der Waals surface area contributed by atoms with Crippen LogP contribution in [-0.4, -0.2) is 22.3 Å². The van der Waals surface area contributed by atoms with Crippen LogP contribution in [0.5, 0.6) is 0 Å². The lowest BCUT2D eigenvalue weighted by atomic mass is 10.2. The maximum atomic E-state index is 9.92. The number of hydrogen-bond donors (Lipinski definition) is 2. The Labute approximate surface area is 53.6 Å². The Kier molecular flexibility index (Phi) is 3.71. The molecule has 3 nitrogen and oxygen atoms in total. The topological polar surface area (TPSA) is 57.5 Å².